The van der Waals surface area contributed by atoms with Crippen LogP contribution in [-0.2, 0) is 85.3 Å². The predicted octanol–water partition coefficient (Wildman–Crippen LogP) is -13.3. The van der Waals surface area contributed by atoms with Gasteiger partial charge in [0.05, 0.1) is 83.4 Å². The molecule has 135 heavy (non-hydrogen) atoms. The van der Waals surface area contributed by atoms with E-state index in [0.29, 0.717) is 38.5 Å². The number of hydrogen-bond donors (Lipinski definition) is 31. The van der Waals surface area contributed by atoms with E-state index in [-0.39, 0.29) is 18.3 Å². The summed E-state index contributed by atoms with van der Waals surface area (Å²) in [6.45, 7) is 11.2. The van der Waals surface area contributed by atoms with Crippen LogP contribution in [0.5, 0.6) is 0 Å². The second-order valence-electron chi connectivity index (χ2n) is 41.1. The first kappa shape index (κ1) is 110. The molecule has 0 spiro atoms. The first-order chi connectivity index (χ1) is 63.4. The monoisotopic (exact) mass is 1960 g/mol. The SMILES string of the molecule is C[C@H](CC[C@@H](OC1O[C@H](CO)[C@@H](OC2O[C@H](CO)[C@@H](OC3O[C@H](CO)[C@@H](O)[C@H](O)[C@H]3OC3O[C@H](CO)[C@@H](OC4O[C@H](CO)[C@@H](OC5O[C@H](CO)[C@@H](O)[C@H](O)[C@H]5O)[C@H](O)[C@H]4O)[C@H](O)[C@H]3O)[C@H](O)[C@H]2O)[C@H](O)[C@H]1OC1O[C@H](CO)[C@@H](O)[C@H](O)[C@H]1O)C(C)(C)O)C1CC[C@@]2(C)[C@]3(C)CC=C4C(C)(C)[C@@H](OC5O[C@H](CO)[C@@H](OC6O[C@H](CO)[C@@H](O)[C@H](O)[C@H]6O)[C@H](O)[C@H]5O)CC[C@@]4(C)[C@]3(C)C(O)C[C@]12C. The lowest BCUT2D eigenvalue weighted by atomic mass is 9.29. The minimum atomic E-state index is -2.37. The second kappa shape index (κ2) is 43.1. The smallest absolute Gasteiger partial charge is 0.187 e. The molecule has 49 heteroatoms. The zero-order valence-electron chi connectivity index (χ0n) is 76.7. The van der Waals surface area contributed by atoms with Gasteiger partial charge in [-0.1, -0.05) is 67.0 Å². The summed E-state index contributed by atoms with van der Waals surface area (Å²) in [4.78, 5) is 0. The van der Waals surface area contributed by atoms with Crippen molar-refractivity contribution in [2.24, 2.45) is 44.3 Å². The molecule has 13 rings (SSSR count). The van der Waals surface area contributed by atoms with Crippen LogP contribution in [0.4, 0.5) is 0 Å². The molecule has 0 aromatic carbocycles. The molecule has 0 bridgehead atoms. The van der Waals surface area contributed by atoms with E-state index in [1.165, 1.54) is 13.8 Å². The summed E-state index contributed by atoms with van der Waals surface area (Å²) in [7, 11) is 0. The average Bonchev–Trinajstić information content (AvgIpc) is 1.61. The molecule has 0 radical (unpaired) electrons. The number of allylic oxidation sites excluding steroid dienone is 1. The molecule has 12 fully saturated rings. The minimum Gasteiger partial charge on any atom is -0.394 e. The molecule has 55 atom stereocenters. The molecule has 49 nitrogen and oxygen atoms in total. The predicted molar refractivity (Wildman–Crippen MR) is 440 cm³/mol. The van der Waals surface area contributed by atoms with Gasteiger partial charge in [0.2, 0.25) is 0 Å². The summed E-state index contributed by atoms with van der Waals surface area (Å²) < 4.78 is 107. The fourth-order valence-electron chi connectivity index (χ4n) is 24.2. The summed E-state index contributed by atoms with van der Waals surface area (Å²) in [6, 6.07) is 0. The highest BCUT2D eigenvalue weighted by molar-refractivity contribution is 5.39. The van der Waals surface area contributed by atoms with Crippen molar-refractivity contribution in [3.05, 3.63) is 11.6 Å². The second-order valence-corrected chi connectivity index (χ2v) is 41.1. The largest absolute Gasteiger partial charge is 0.394 e. The zero-order valence-corrected chi connectivity index (χ0v) is 76.7. The van der Waals surface area contributed by atoms with Crippen LogP contribution in [0.2, 0.25) is 0 Å². The lowest BCUT2D eigenvalue weighted by Crippen LogP contribution is -2.72. The van der Waals surface area contributed by atoms with Crippen molar-refractivity contribution in [1.82, 2.24) is 0 Å². The lowest BCUT2D eigenvalue weighted by molar-refractivity contribution is -0.407. The molecule has 31 N–H and O–H groups in total. The van der Waals surface area contributed by atoms with E-state index in [9.17, 15) is 158 Å². The van der Waals surface area contributed by atoms with Gasteiger partial charge in [0, 0.05) is 10.8 Å². The van der Waals surface area contributed by atoms with Crippen molar-refractivity contribution in [3.8, 4) is 0 Å². The molecule has 3 saturated carbocycles. The Kier molecular flexibility index (Phi) is 35.1. The Morgan fingerprint density at radius 3 is 0.970 bits per heavy atom. The fraction of sp³-hybridized carbons (Fsp3) is 0.977. The number of aliphatic hydroxyl groups is 31. The van der Waals surface area contributed by atoms with Crippen LogP contribution in [0.25, 0.3) is 0 Å². The Labute approximate surface area is 777 Å². The van der Waals surface area contributed by atoms with Crippen LogP contribution in [-0.4, -0.2) is 518 Å². The maximum Gasteiger partial charge on any atom is 0.187 e. The van der Waals surface area contributed by atoms with Crippen LogP contribution in [0.3, 0.4) is 0 Å². The molecular formula is C86H146O49. The number of rotatable bonds is 32. The molecular weight excluding hydrogens is 1820 g/mol. The van der Waals surface area contributed by atoms with Gasteiger partial charge in [-0.25, -0.2) is 0 Å². The van der Waals surface area contributed by atoms with Gasteiger partial charge in [-0.05, 0) is 98.7 Å². The van der Waals surface area contributed by atoms with Gasteiger partial charge in [0.25, 0.3) is 0 Å². The van der Waals surface area contributed by atoms with Crippen LogP contribution < -0.4 is 0 Å². The molecule has 0 amide bonds. The van der Waals surface area contributed by atoms with Gasteiger partial charge in [0.15, 0.2) is 56.6 Å². The molecule has 11 unspecified atom stereocenters. The van der Waals surface area contributed by atoms with Crippen molar-refractivity contribution in [1.29, 1.82) is 0 Å². The fourth-order valence-corrected chi connectivity index (χ4v) is 24.2. The number of hydrogen-bond acceptors (Lipinski definition) is 49. The Morgan fingerprint density at radius 1 is 0.326 bits per heavy atom. The summed E-state index contributed by atoms with van der Waals surface area (Å²) in [5, 5.41) is 345. The van der Waals surface area contributed by atoms with E-state index in [1.54, 1.807) is 0 Å². The van der Waals surface area contributed by atoms with Crippen LogP contribution >= 0.6 is 0 Å². The molecule has 0 aromatic rings. The Morgan fingerprint density at radius 2 is 0.615 bits per heavy atom. The summed E-state index contributed by atoms with van der Waals surface area (Å²) in [5.41, 5.74) is -4.72. The Bertz CT molecular complexity index is 3800. The van der Waals surface area contributed by atoms with Gasteiger partial charge in [0.1, 0.15) is 220 Å². The van der Waals surface area contributed by atoms with Gasteiger partial charge >= 0.3 is 0 Å². The van der Waals surface area contributed by atoms with E-state index in [1.807, 2.05) is 13.8 Å². The number of ether oxygens (including phenoxy) is 18. The standard InChI is InChI=1S/C86H146O49/c1-29(30-13-17-84(8)83(30,7)19-41(96)86(10)82(6)16-15-42(80(2,3)40(82)14-18-85(84,86)9)127-71-59(112)52(105)64(35(24-91)122-71)129-72-56(109)48(101)44(97)31(20-87)118-72)11-12-43(81(4,5)117)128-78-70(135-74-58(111)50(103)46(99)33(22-89)120-74)63(116)68(39(28-95)126-78)132-76-61(114)55(108)67(38(27-94)124-76)133-79-69(51(104)47(100)34(23-90)121-79)134-77-62(115)54(107)66(37(26-93)125-77)131-75-60(113)53(106)65(36(25-92)123-75)130-73-57(110)49(102)45(98)32(21-88)119-73/h14,29-39,41-79,87-117H,11-13,15-28H2,1-10H3/t29-,30?,31-,32-,33-,34-,35-,36-,37-,38-,39-,41?,42+,43-,44-,45-,46-,47-,48+,49+,50+,51+,52-,53-,54-,55-,56-,57-,58-,59-,60-,61-,62-,63+,64-,65-,66-,67-,68-,69-,70-,71?,72?,73?,74?,75?,76?,77?,78?,79?,82-,83-,84-,85+,86+/m1/s1. The van der Waals surface area contributed by atoms with E-state index in [2.05, 4.69) is 47.6 Å². The number of aliphatic hydroxyl groups excluding tert-OH is 30. The van der Waals surface area contributed by atoms with Crippen molar-refractivity contribution >= 4 is 0 Å². The van der Waals surface area contributed by atoms with Crippen molar-refractivity contribution in [3.63, 3.8) is 0 Å². The van der Waals surface area contributed by atoms with E-state index in [4.69, 9.17) is 85.3 Å². The first-order valence-corrected chi connectivity index (χ1v) is 46.4. The normalized spacial score (nSPS) is 53.1. The topological polar surface area (TPSA) is 793 Å². The van der Waals surface area contributed by atoms with Crippen LogP contribution in [0, 0.1) is 44.3 Å². The Balaban J connectivity index is 0.677. The summed E-state index contributed by atoms with van der Waals surface area (Å²) >= 11 is 0. The maximum absolute atomic E-state index is 13.3. The highest BCUT2D eigenvalue weighted by atomic mass is 16.8. The van der Waals surface area contributed by atoms with E-state index < -0.39 is 392 Å². The van der Waals surface area contributed by atoms with Gasteiger partial charge in [-0.3, -0.25) is 0 Å². The van der Waals surface area contributed by atoms with Gasteiger partial charge in [-0.15, -0.1) is 0 Å². The van der Waals surface area contributed by atoms with Crippen LogP contribution in [0.15, 0.2) is 11.6 Å². The van der Waals surface area contributed by atoms with Crippen LogP contribution in [0.1, 0.15) is 121 Å². The van der Waals surface area contributed by atoms with Gasteiger partial charge in [-0.2, -0.15) is 0 Å². The zero-order chi connectivity index (χ0) is 99.4. The summed E-state index contributed by atoms with van der Waals surface area (Å²) in [5.74, 6) is -0.268. The number of fused-ring (bicyclic) bond motifs is 5. The van der Waals surface area contributed by atoms with E-state index >= 15 is 0 Å². The molecule has 9 saturated heterocycles. The molecule has 9 heterocycles. The van der Waals surface area contributed by atoms with Crippen molar-refractivity contribution in [2.75, 3.05) is 59.5 Å². The lowest BCUT2D eigenvalue weighted by Gasteiger charge is -2.75. The highest BCUT2D eigenvalue weighted by Gasteiger charge is 2.78. The third-order valence-electron chi connectivity index (χ3n) is 33.0. The molecule has 9 aliphatic heterocycles. The highest BCUT2D eigenvalue weighted by Crippen LogP contribution is 2.82. The van der Waals surface area contributed by atoms with Crippen molar-refractivity contribution in [2.45, 2.75) is 421 Å². The van der Waals surface area contributed by atoms with Crippen molar-refractivity contribution < 1.29 is 244 Å². The van der Waals surface area contributed by atoms with E-state index in [0.717, 1.165) is 12.0 Å². The maximum atomic E-state index is 13.3. The first-order valence-electron chi connectivity index (χ1n) is 46.4. The molecule has 13 aliphatic rings. The molecule has 784 valence electrons. The molecule has 4 aliphatic carbocycles. The molecule has 0 aromatic heterocycles. The third kappa shape index (κ3) is 19.7. The Hall–Kier alpha value is -2.22. The van der Waals surface area contributed by atoms with Gasteiger partial charge < -0.3 is 244 Å². The minimum absolute atomic E-state index is 0.0388. The quantitative estimate of drug-likeness (QED) is 0.0278. The average molecular weight is 1960 g/mol. The summed E-state index contributed by atoms with van der Waals surface area (Å²) in [6.07, 6.45) is -84.7. The third-order valence-corrected chi connectivity index (χ3v) is 33.0.